The van der Waals surface area contributed by atoms with E-state index in [1.54, 1.807) is 0 Å². The Hall–Kier alpha value is -2.04. The molecule has 1 heterocycles. The van der Waals surface area contributed by atoms with Gasteiger partial charge in [0.1, 0.15) is 12.0 Å². The zero-order chi connectivity index (χ0) is 13.2. The number of nitrogens with zero attached hydrogens (tertiary/aromatic N) is 1. The molecule has 4 nitrogen and oxygen atoms in total. The van der Waals surface area contributed by atoms with Crippen LogP contribution < -0.4 is 11.1 Å². The maximum absolute atomic E-state index is 9.40. The van der Waals surface area contributed by atoms with Crippen LogP contribution in [-0.2, 0) is 6.61 Å². The second-order valence-corrected chi connectivity index (χ2v) is 4.46. The molecule has 1 aliphatic rings. The normalized spacial score (nSPS) is 16.4. The summed E-state index contributed by atoms with van der Waals surface area (Å²) in [6.45, 7) is -0.00851. The lowest BCUT2D eigenvalue weighted by Gasteiger charge is -2.25. The highest BCUT2D eigenvalue weighted by atomic mass is 35.5. The lowest BCUT2D eigenvalue weighted by atomic mass is 10.0. The SMILES string of the molecule is Cl.NC1=NC(c2ccccc2CO)Nc2ccccc21. The zero-order valence-electron chi connectivity index (χ0n) is 10.8. The van der Waals surface area contributed by atoms with E-state index in [1.807, 2.05) is 48.5 Å². The van der Waals surface area contributed by atoms with Gasteiger partial charge in [0.15, 0.2) is 0 Å². The number of fused-ring (bicyclic) bond motifs is 1. The summed E-state index contributed by atoms with van der Waals surface area (Å²) in [7, 11) is 0. The number of rotatable bonds is 2. The zero-order valence-corrected chi connectivity index (χ0v) is 11.6. The maximum Gasteiger partial charge on any atom is 0.147 e. The third kappa shape index (κ3) is 2.48. The number of benzene rings is 2. The summed E-state index contributed by atoms with van der Waals surface area (Å²) in [5.74, 6) is 0.520. The van der Waals surface area contributed by atoms with E-state index in [2.05, 4.69) is 10.3 Å². The van der Waals surface area contributed by atoms with Crippen LogP contribution in [-0.4, -0.2) is 10.9 Å². The number of nitrogens with one attached hydrogen (secondary N) is 1. The van der Waals surface area contributed by atoms with Crippen LogP contribution in [0.15, 0.2) is 53.5 Å². The van der Waals surface area contributed by atoms with Gasteiger partial charge in [-0.1, -0.05) is 36.4 Å². The van der Waals surface area contributed by atoms with Crippen molar-refractivity contribution < 1.29 is 5.11 Å². The van der Waals surface area contributed by atoms with E-state index in [0.717, 1.165) is 22.4 Å². The van der Waals surface area contributed by atoms with Gasteiger partial charge in [0, 0.05) is 16.8 Å². The summed E-state index contributed by atoms with van der Waals surface area (Å²) in [5, 5.41) is 12.7. The van der Waals surface area contributed by atoms with Crippen LogP contribution in [0.1, 0.15) is 22.9 Å². The van der Waals surface area contributed by atoms with E-state index in [4.69, 9.17) is 5.73 Å². The molecule has 1 aliphatic heterocycles. The molecule has 5 heteroatoms. The van der Waals surface area contributed by atoms with Crippen molar-refractivity contribution >= 4 is 23.9 Å². The lowest BCUT2D eigenvalue weighted by molar-refractivity contribution is 0.280. The van der Waals surface area contributed by atoms with Gasteiger partial charge in [0.05, 0.1) is 6.61 Å². The number of para-hydroxylation sites is 1. The highest BCUT2D eigenvalue weighted by Gasteiger charge is 2.20. The Morgan fingerprint density at radius 1 is 1.10 bits per heavy atom. The van der Waals surface area contributed by atoms with Crippen LogP contribution in [0.5, 0.6) is 0 Å². The quantitative estimate of drug-likeness (QED) is 0.795. The van der Waals surface area contributed by atoms with Gasteiger partial charge in [-0.3, -0.25) is 0 Å². The molecular weight excluding hydrogens is 274 g/mol. The molecular formula is C15H16ClN3O. The monoisotopic (exact) mass is 289 g/mol. The first-order valence-corrected chi connectivity index (χ1v) is 6.17. The molecule has 0 amide bonds. The maximum atomic E-state index is 9.40. The molecule has 0 spiro atoms. The Balaban J connectivity index is 0.00000147. The third-order valence-electron chi connectivity index (χ3n) is 3.28. The van der Waals surface area contributed by atoms with Crippen molar-refractivity contribution in [2.45, 2.75) is 12.8 Å². The Bertz CT molecular complexity index is 643. The largest absolute Gasteiger partial charge is 0.392 e. The van der Waals surface area contributed by atoms with E-state index in [1.165, 1.54) is 0 Å². The first kappa shape index (κ1) is 14.4. The van der Waals surface area contributed by atoms with Crippen molar-refractivity contribution in [3.8, 4) is 0 Å². The third-order valence-corrected chi connectivity index (χ3v) is 3.28. The smallest absolute Gasteiger partial charge is 0.147 e. The van der Waals surface area contributed by atoms with E-state index in [0.29, 0.717) is 5.84 Å². The first-order chi connectivity index (χ1) is 9.29. The van der Waals surface area contributed by atoms with E-state index in [-0.39, 0.29) is 25.2 Å². The van der Waals surface area contributed by atoms with Crippen molar-refractivity contribution in [3.63, 3.8) is 0 Å². The number of aliphatic hydroxyl groups excluding tert-OH is 1. The first-order valence-electron chi connectivity index (χ1n) is 6.17. The number of hydrogen-bond acceptors (Lipinski definition) is 4. The molecule has 3 rings (SSSR count). The molecule has 0 aliphatic carbocycles. The molecule has 1 atom stereocenters. The average molecular weight is 290 g/mol. The number of halogens is 1. The predicted octanol–water partition coefficient (Wildman–Crippen LogP) is 2.43. The van der Waals surface area contributed by atoms with Gasteiger partial charge >= 0.3 is 0 Å². The van der Waals surface area contributed by atoms with E-state index in [9.17, 15) is 5.11 Å². The summed E-state index contributed by atoms with van der Waals surface area (Å²) in [4.78, 5) is 4.47. The van der Waals surface area contributed by atoms with Crippen LogP contribution in [0.3, 0.4) is 0 Å². The van der Waals surface area contributed by atoms with Gasteiger partial charge < -0.3 is 16.2 Å². The Labute approximate surface area is 123 Å². The van der Waals surface area contributed by atoms with Crippen molar-refractivity contribution in [1.29, 1.82) is 0 Å². The number of aliphatic hydroxyl groups is 1. The van der Waals surface area contributed by atoms with Gasteiger partial charge in [-0.25, -0.2) is 4.99 Å². The fourth-order valence-corrected chi connectivity index (χ4v) is 2.31. The fraction of sp³-hybridized carbons (Fsp3) is 0.133. The molecule has 2 aromatic carbocycles. The van der Waals surface area contributed by atoms with Crippen molar-refractivity contribution in [2.24, 2.45) is 10.7 Å². The Morgan fingerprint density at radius 2 is 1.80 bits per heavy atom. The van der Waals surface area contributed by atoms with Crippen molar-refractivity contribution in [1.82, 2.24) is 0 Å². The van der Waals surface area contributed by atoms with Gasteiger partial charge in [0.2, 0.25) is 0 Å². The van der Waals surface area contributed by atoms with Gasteiger partial charge in [0.25, 0.3) is 0 Å². The molecule has 0 saturated heterocycles. The molecule has 2 aromatic rings. The summed E-state index contributed by atoms with van der Waals surface area (Å²) < 4.78 is 0. The van der Waals surface area contributed by atoms with Crippen LogP contribution in [0.25, 0.3) is 0 Å². The number of aliphatic imine (C=N–C) groups is 1. The lowest BCUT2D eigenvalue weighted by Crippen LogP contribution is -2.25. The van der Waals surface area contributed by atoms with Crippen molar-refractivity contribution in [2.75, 3.05) is 5.32 Å². The summed E-state index contributed by atoms with van der Waals surface area (Å²) in [6, 6.07) is 15.5. The minimum atomic E-state index is -0.252. The second-order valence-electron chi connectivity index (χ2n) is 4.46. The molecule has 0 saturated carbocycles. The van der Waals surface area contributed by atoms with Gasteiger partial charge in [-0.05, 0) is 17.7 Å². The molecule has 0 fully saturated rings. The van der Waals surface area contributed by atoms with Crippen LogP contribution in [0.2, 0.25) is 0 Å². The Kier molecular flexibility index (Phi) is 4.27. The summed E-state index contributed by atoms with van der Waals surface area (Å²) in [5.41, 5.74) is 9.70. The highest BCUT2D eigenvalue weighted by molar-refractivity contribution is 6.03. The van der Waals surface area contributed by atoms with Crippen LogP contribution >= 0.6 is 12.4 Å². The minimum absolute atomic E-state index is 0. The summed E-state index contributed by atoms with van der Waals surface area (Å²) >= 11 is 0. The standard InChI is InChI=1S/C15H15N3O.ClH/c16-14-12-7-3-4-8-13(12)17-15(18-14)11-6-2-1-5-10(11)9-19;/h1-8,15,17,19H,9H2,(H2,16,18);1H. The molecule has 0 radical (unpaired) electrons. The van der Waals surface area contributed by atoms with Crippen LogP contribution in [0, 0.1) is 0 Å². The summed E-state index contributed by atoms with van der Waals surface area (Å²) in [6.07, 6.45) is -0.252. The highest BCUT2D eigenvalue weighted by Crippen LogP contribution is 2.30. The number of nitrogens with two attached hydrogens (primary N) is 1. The van der Waals surface area contributed by atoms with Gasteiger partial charge in [-0.15, -0.1) is 12.4 Å². The number of anilines is 1. The van der Waals surface area contributed by atoms with Crippen LogP contribution in [0.4, 0.5) is 5.69 Å². The number of hydrogen-bond donors (Lipinski definition) is 3. The predicted molar refractivity (Wildman–Crippen MR) is 83.1 cm³/mol. The second kappa shape index (κ2) is 5.94. The molecule has 104 valence electrons. The van der Waals surface area contributed by atoms with Crippen molar-refractivity contribution in [3.05, 3.63) is 65.2 Å². The minimum Gasteiger partial charge on any atom is -0.392 e. The molecule has 20 heavy (non-hydrogen) atoms. The average Bonchev–Trinajstić information content (AvgIpc) is 2.47. The molecule has 1 unspecified atom stereocenters. The Morgan fingerprint density at radius 3 is 2.60 bits per heavy atom. The van der Waals surface area contributed by atoms with E-state index >= 15 is 0 Å². The molecule has 0 bridgehead atoms. The molecule has 0 aromatic heterocycles. The molecule has 4 N–H and O–H groups in total. The number of amidine groups is 1. The topological polar surface area (TPSA) is 70.6 Å². The fourth-order valence-electron chi connectivity index (χ4n) is 2.31. The van der Waals surface area contributed by atoms with Gasteiger partial charge in [-0.2, -0.15) is 0 Å². The van der Waals surface area contributed by atoms with E-state index < -0.39 is 0 Å².